The lowest BCUT2D eigenvalue weighted by atomic mass is 10.1. The second kappa shape index (κ2) is 7.38. The van der Waals surface area contributed by atoms with E-state index in [4.69, 9.17) is 4.74 Å². The van der Waals surface area contributed by atoms with E-state index >= 15 is 0 Å². The van der Waals surface area contributed by atoms with Crippen molar-refractivity contribution >= 4 is 26.8 Å². The summed E-state index contributed by atoms with van der Waals surface area (Å²) in [6.07, 6.45) is 5.76. The summed E-state index contributed by atoms with van der Waals surface area (Å²) in [5, 5.41) is 10.6. The summed E-state index contributed by atoms with van der Waals surface area (Å²) in [7, 11) is -2.12. The van der Waals surface area contributed by atoms with Crippen LogP contribution in [0.1, 0.15) is 26.3 Å². The number of nitriles is 1. The van der Waals surface area contributed by atoms with Gasteiger partial charge in [-0.05, 0) is 51.1 Å². The molecule has 2 aromatic heterocycles. The van der Waals surface area contributed by atoms with E-state index in [1.165, 1.54) is 0 Å². The maximum Gasteiger partial charge on any atom is 0.241 e. The average Bonchev–Trinajstić information content (AvgIpc) is 2.98. The van der Waals surface area contributed by atoms with Crippen LogP contribution < -0.4 is 9.46 Å². The molecule has 2 heterocycles. The number of fused-ring (bicyclic) bond motifs is 1. The first-order valence-corrected chi connectivity index (χ1v) is 11.2. The molecule has 0 fully saturated rings. The van der Waals surface area contributed by atoms with Gasteiger partial charge in [0.25, 0.3) is 0 Å². The monoisotopic (exact) mass is 434 g/mol. The van der Waals surface area contributed by atoms with Gasteiger partial charge in [0.15, 0.2) is 0 Å². The largest absolute Gasteiger partial charge is 0.481 e. The molecule has 0 bridgehead atoms. The fourth-order valence-electron chi connectivity index (χ4n) is 3.48. The van der Waals surface area contributed by atoms with Gasteiger partial charge in [-0.15, -0.1) is 0 Å². The Morgan fingerprint density at radius 1 is 1.13 bits per heavy atom. The van der Waals surface area contributed by atoms with Gasteiger partial charge < -0.3 is 4.74 Å². The molecule has 0 atom stereocenters. The highest BCUT2D eigenvalue weighted by atomic mass is 32.2. The van der Waals surface area contributed by atoms with E-state index in [0.717, 1.165) is 5.70 Å². The molecule has 0 spiro atoms. The molecular weight excluding hydrogens is 412 g/mol. The lowest BCUT2D eigenvalue weighted by molar-refractivity contribution is 0.399. The van der Waals surface area contributed by atoms with Gasteiger partial charge >= 0.3 is 0 Å². The molecule has 3 aromatic rings. The maximum absolute atomic E-state index is 12.6. The maximum atomic E-state index is 12.6. The van der Waals surface area contributed by atoms with E-state index in [1.54, 1.807) is 58.2 Å². The van der Waals surface area contributed by atoms with Gasteiger partial charge in [0.1, 0.15) is 11.7 Å². The third-order valence-corrected chi connectivity index (χ3v) is 6.56. The highest BCUT2D eigenvalue weighted by Gasteiger charge is 2.25. The van der Waals surface area contributed by atoms with E-state index < -0.39 is 15.6 Å². The molecule has 0 saturated carbocycles. The number of ether oxygens (including phenoxy) is 1. The number of nitrogens with one attached hydrogen (secondary N) is 1. The lowest BCUT2D eigenvalue weighted by Gasteiger charge is -2.20. The molecule has 0 unspecified atom stereocenters. The van der Waals surface area contributed by atoms with Gasteiger partial charge in [-0.25, -0.2) is 13.1 Å². The minimum atomic E-state index is -3.66. The smallest absolute Gasteiger partial charge is 0.241 e. The average molecular weight is 435 g/mol. The Hall–Kier alpha value is -3.41. The highest BCUT2D eigenvalue weighted by molar-refractivity contribution is 7.89. The molecule has 1 aliphatic carbocycles. The second-order valence-corrected chi connectivity index (χ2v) is 9.91. The Morgan fingerprint density at radius 2 is 1.81 bits per heavy atom. The number of methoxy groups -OCH3 is 1. The summed E-state index contributed by atoms with van der Waals surface area (Å²) < 4.78 is 35.1. The fraction of sp³-hybridized carbons (Fsp3) is 0.217. The summed E-state index contributed by atoms with van der Waals surface area (Å²) in [6.45, 7) is 5.37. The van der Waals surface area contributed by atoms with Gasteiger partial charge in [0, 0.05) is 28.3 Å². The number of hydrogen-bond donors (Lipinski definition) is 1. The molecule has 0 radical (unpaired) electrons. The molecule has 0 aliphatic heterocycles. The Morgan fingerprint density at radius 3 is 2.32 bits per heavy atom. The Balaban J connectivity index is 1.89. The number of benzene rings is 1. The SMILES string of the molecule is COc1ccc2c(C#N)c(-c3ccc(S(=O)(=O)NC(C)(C)C)cc3)n(C3=CC=C3)c2n1. The van der Waals surface area contributed by atoms with Crippen LogP contribution in [0, 0.1) is 11.3 Å². The van der Waals surface area contributed by atoms with Crippen molar-refractivity contribution in [3.8, 4) is 23.2 Å². The van der Waals surface area contributed by atoms with Crippen molar-refractivity contribution in [2.24, 2.45) is 0 Å². The van der Waals surface area contributed by atoms with Gasteiger partial charge in [0.2, 0.25) is 15.9 Å². The first-order chi connectivity index (χ1) is 14.6. The first-order valence-electron chi connectivity index (χ1n) is 9.67. The minimum Gasteiger partial charge on any atom is -0.481 e. The van der Waals surface area contributed by atoms with Crippen molar-refractivity contribution in [1.82, 2.24) is 14.3 Å². The Labute approximate surface area is 181 Å². The zero-order valence-corrected chi connectivity index (χ0v) is 18.5. The zero-order valence-electron chi connectivity index (χ0n) is 17.7. The summed E-state index contributed by atoms with van der Waals surface area (Å²) in [5.41, 5.74) is 2.73. The number of pyridine rings is 1. The zero-order chi connectivity index (χ0) is 22.4. The van der Waals surface area contributed by atoms with Crippen molar-refractivity contribution in [2.75, 3.05) is 7.11 Å². The molecule has 0 saturated heterocycles. The number of nitrogens with zero attached hydrogens (tertiary/aromatic N) is 3. The lowest BCUT2D eigenvalue weighted by Crippen LogP contribution is -2.40. The van der Waals surface area contributed by atoms with E-state index in [2.05, 4.69) is 15.8 Å². The minimum absolute atomic E-state index is 0.162. The van der Waals surface area contributed by atoms with Crippen LogP contribution in [-0.2, 0) is 10.0 Å². The predicted octanol–water partition coefficient (Wildman–Crippen LogP) is 4.07. The van der Waals surface area contributed by atoms with E-state index in [0.29, 0.717) is 33.7 Å². The fourth-order valence-corrected chi connectivity index (χ4v) is 4.90. The van der Waals surface area contributed by atoms with Crippen molar-refractivity contribution in [3.63, 3.8) is 0 Å². The quantitative estimate of drug-likeness (QED) is 0.653. The number of sulfonamides is 1. The molecule has 31 heavy (non-hydrogen) atoms. The number of hydrogen-bond acceptors (Lipinski definition) is 5. The van der Waals surface area contributed by atoms with Gasteiger partial charge in [-0.3, -0.25) is 4.57 Å². The third kappa shape index (κ3) is 3.74. The third-order valence-electron chi connectivity index (χ3n) is 4.78. The predicted molar refractivity (Wildman–Crippen MR) is 120 cm³/mol. The summed E-state index contributed by atoms with van der Waals surface area (Å²) in [4.78, 5) is 4.72. The molecule has 4 rings (SSSR count). The molecular formula is C23H22N4O3S. The summed E-state index contributed by atoms with van der Waals surface area (Å²) in [5.74, 6) is 0.445. The van der Waals surface area contributed by atoms with Crippen LogP contribution >= 0.6 is 0 Å². The van der Waals surface area contributed by atoms with Crippen LogP contribution in [0.5, 0.6) is 5.88 Å². The topological polar surface area (TPSA) is 97.0 Å². The Kier molecular flexibility index (Phi) is 4.96. The number of rotatable bonds is 5. The molecule has 7 nitrogen and oxygen atoms in total. The van der Waals surface area contributed by atoms with Gasteiger partial charge in [0.05, 0.1) is 23.3 Å². The van der Waals surface area contributed by atoms with Crippen molar-refractivity contribution in [3.05, 3.63) is 60.2 Å². The van der Waals surface area contributed by atoms with Crippen LogP contribution in [0.3, 0.4) is 0 Å². The van der Waals surface area contributed by atoms with Gasteiger partial charge in [-0.2, -0.15) is 10.2 Å². The summed E-state index contributed by atoms with van der Waals surface area (Å²) >= 11 is 0. The van der Waals surface area contributed by atoms with Crippen LogP contribution in [-0.4, -0.2) is 30.6 Å². The van der Waals surface area contributed by atoms with Crippen molar-refractivity contribution < 1.29 is 13.2 Å². The van der Waals surface area contributed by atoms with Crippen LogP contribution in [0.4, 0.5) is 0 Å². The molecule has 1 aromatic carbocycles. The van der Waals surface area contributed by atoms with Crippen molar-refractivity contribution in [2.45, 2.75) is 31.2 Å². The highest BCUT2D eigenvalue weighted by Crippen LogP contribution is 2.37. The van der Waals surface area contributed by atoms with Gasteiger partial charge in [-0.1, -0.05) is 18.2 Å². The Bertz CT molecular complexity index is 1380. The van der Waals surface area contributed by atoms with E-state index in [1.807, 2.05) is 28.9 Å². The van der Waals surface area contributed by atoms with E-state index in [-0.39, 0.29) is 4.90 Å². The molecule has 1 N–H and O–H groups in total. The number of allylic oxidation sites excluding steroid dienone is 4. The standard InChI is InChI=1S/C23H22N4O3S/c1-23(2,3)26-31(28,29)17-10-8-15(9-11-17)21-19(14-24)18-12-13-20(30-4)25-22(18)27(21)16-6-5-7-16/h5-13,26H,1-4H3. The second-order valence-electron chi connectivity index (χ2n) is 8.23. The summed E-state index contributed by atoms with van der Waals surface area (Å²) in [6, 6.07) is 12.3. The normalized spacial score (nSPS) is 13.6. The first kappa shape index (κ1) is 20.8. The molecule has 158 valence electrons. The van der Waals surface area contributed by atoms with Crippen LogP contribution in [0.15, 0.2) is 59.5 Å². The van der Waals surface area contributed by atoms with E-state index in [9.17, 15) is 13.7 Å². The molecule has 8 heteroatoms. The van der Waals surface area contributed by atoms with Crippen molar-refractivity contribution in [1.29, 1.82) is 5.26 Å². The van der Waals surface area contributed by atoms with Crippen LogP contribution in [0.2, 0.25) is 0 Å². The number of aromatic nitrogens is 2. The molecule has 0 amide bonds. The van der Waals surface area contributed by atoms with Crippen LogP contribution in [0.25, 0.3) is 28.0 Å². The molecule has 1 aliphatic rings.